The molecule has 0 saturated heterocycles. The summed E-state index contributed by atoms with van der Waals surface area (Å²) >= 11 is 3.00. The van der Waals surface area contributed by atoms with Crippen molar-refractivity contribution < 1.29 is 37.3 Å². The third-order valence-electron chi connectivity index (χ3n) is 4.79. The van der Waals surface area contributed by atoms with E-state index in [0.29, 0.717) is 0 Å². The van der Waals surface area contributed by atoms with Crippen molar-refractivity contribution in [2.24, 2.45) is 5.73 Å². The lowest BCUT2D eigenvalue weighted by molar-refractivity contribution is 0.0827. The molecule has 196 valence electrons. The number of pyridine rings is 1. The molecule has 0 bridgehead atoms. The Hall–Kier alpha value is -4.00. The molecule has 0 spiro atoms. The molecule has 9 nitrogen and oxygen atoms in total. The third-order valence-corrected chi connectivity index (χ3v) is 5.51. The number of aromatic nitrogens is 1. The number of benzene rings is 2. The van der Waals surface area contributed by atoms with Crippen molar-refractivity contribution in [2.45, 2.75) is 6.10 Å². The number of halogens is 4. The number of nitrogens with zero attached hydrogens (tertiary/aromatic N) is 2. The summed E-state index contributed by atoms with van der Waals surface area (Å²) in [5, 5.41) is 17.6. The van der Waals surface area contributed by atoms with E-state index >= 15 is 8.78 Å². The van der Waals surface area contributed by atoms with Crippen molar-refractivity contribution >= 4 is 27.7 Å². The van der Waals surface area contributed by atoms with E-state index in [2.05, 4.69) is 20.9 Å². The standard InChI is InChI=1S/C24H22BrF3N4O5/c1-32(2)24(34)13-4-3-5-14(8-13)36-22-18(27)20(35-15(10-25)11-26)19(28)23(31-22)37-17-9-12(21(29)30)6-7-16(17)33/h3-9,15,33H,10-11H2,1-2H3,(H3,29,30). The molecule has 1 amide bonds. The van der Waals surface area contributed by atoms with Gasteiger partial charge in [0.2, 0.25) is 17.4 Å². The quantitative estimate of drug-likeness (QED) is 0.178. The van der Waals surface area contributed by atoms with E-state index in [4.69, 9.17) is 25.4 Å². The first kappa shape index (κ1) is 27.6. The van der Waals surface area contributed by atoms with Gasteiger partial charge in [0.25, 0.3) is 17.7 Å². The summed E-state index contributed by atoms with van der Waals surface area (Å²) in [4.78, 5) is 17.3. The Balaban J connectivity index is 2.10. The fourth-order valence-corrected chi connectivity index (χ4v) is 3.23. The summed E-state index contributed by atoms with van der Waals surface area (Å²) in [6.45, 7) is -1.07. The van der Waals surface area contributed by atoms with Crippen LogP contribution in [-0.4, -0.2) is 58.9 Å². The summed E-state index contributed by atoms with van der Waals surface area (Å²) in [5.74, 6) is -7.11. The maximum atomic E-state index is 15.3. The lowest BCUT2D eigenvalue weighted by Crippen LogP contribution is -2.22. The predicted octanol–water partition coefficient (Wildman–Crippen LogP) is 4.75. The summed E-state index contributed by atoms with van der Waals surface area (Å²) in [6, 6.07) is 9.34. The lowest BCUT2D eigenvalue weighted by atomic mass is 10.2. The summed E-state index contributed by atoms with van der Waals surface area (Å²) in [7, 11) is 3.10. The molecule has 0 radical (unpaired) electrons. The normalized spacial score (nSPS) is 11.5. The molecule has 3 aromatic rings. The Morgan fingerprint density at radius 3 is 2.41 bits per heavy atom. The number of amidine groups is 1. The van der Waals surface area contributed by atoms with Gasteiger partial charge in [-0.2, -0.15) is 13.8 Å². The summed E-state index contributed by atoms with van der Waals surface area (Å²) in [6.07, 6.45) is -1.26. The molecule has 1 heterocycles. The first-order valence-corrected chi connectivity index (χ1v) is 11.7. The Bertz CT molecular complexity index is 1320. The van der Waals surface area contributed by atoms with Crippen molar-refractivity contribution in [2.75, 3.05) is 26.1 Å². The average molecular weight is 583 g/mol. The summed E-state index contributed by atoms with van der Waals surface area (Å²) in [5.41, 5.74) is 5.81. The van der Waals surface area contributed by atoms with Gasteiger partial charge in [-0.05, 0) is 36.4 Å². The number of carbonyl (C=O) groups is 1. The highest BCUT2D eigenvalue weighted by atomic mass is 79.9. The molecule has 0 fully saturated rings. The minimum absolute atomic E-state index is 0.0217. The first-order valence-electron chi connectivity index (χ1n) is 10.6. The van der Waals surface area contributed by atoms with Crippen molar-refractivity contribution in [3.05, 3.63) is 65.2 Å². The van der Waals surface area contributed by atoms with E-state index in [-0.39, 0.29) is 39.7 Å². The lowest BCUT2D eigenvalue weighted by Gasteiger charge is -2.18. The van der Waals surface area contributed by atoms with E-state index in [0.717, 1.165) is 12.1 Å². The van der Waals surface area contributed by atoms with Crippen LogP contribution in [0.15, 0.2) is 42.5 Å². The largest absolute Gasteiger partial charge is 0.504 e. The number of nitrogens with two attached hydrogens (primary N) is 1. The van der Waals surface area contributed by atoms with Gasteiger partial charge in [0.05, 0.1) is 0 Å². The number of ether oxygens (including phenoxy) is 3. The topological polar surface area (TPSA) is 131 Å². The van der Waals surface area contributed by atoms with Gasteiger partial charge in [0, 0.05) is 30.6 Å². The van der Waals surface area contributed by atoms with Crippen LogP contribution in [-0.2, 0) is 0 Å². The maximum Gasteiger partial charge on any atom is 0.263 e. The highest BCUT2D eigenvalue weighted by molar-refractivity contribution is 9.09. The van der Waals surface area contributed by atoms with Crippen LogP contribution in [0.3, 0.4) is 0 Å². The minimum atomic E-state index is -1.44. The fourth-order valence-electron chi connectivity index (χ4n) is 2.92. The van der Waals surface area contributed by atoms with Crippen LogP contribution in [0.2, 0.25) is 0 Å². The molecule has 4 N–H and O–H groups in total. The average Bonchev–Trinajstić information content (AvgIpc) is 2.87. The number of alkyl halides is 2. The van der Waals surface area contributed by atoms with Crippen LogP contribution in [0.5, 0.6) is 34.8 Å². The smallest absolute Gasteiger partial charge is 0.263 e. The Morgan fingerprint density at radius 1 is 1.14 bits per heavy atom. The molecule has 3 rings (SSSR count). The third kappa shape index (κ3) is 6.42. The number of hydrogen-bond acceptors (Lipinski definition) is 7. The minimum Gasteiger partial charge on any atom is -0.504 e. The van der Waals surface area contributed by atoms with Crippen LogP contribution in [0.4, 0.5) is 13.2 Å². The number of rotatable bonds is 10. The van der Waals surface area contributed by atoms with Crippen LogP contribution in [0.1, 0.15) is 15.9 Å². The highest BCUT2D eigenvalue weighted by Crippen LogP contribution is 2.40. The molecule has 1 aromatic heterocycles. The molecular weight excluding hydrogens is 561 g/mol. The SMILES string of the molecule is CN(C)C(=O)c1cccc(Oc2nc(Oc3cc(C(=N)N)ccc3O)c(F)c(OC(CF)CBr)c2F)c1. The van der Waals surface area contributed by atoms with Gasteiger partial charge in [-0.1, -0.05) is 22.0 Å². The molecule has 0 aliphatic carbocycles. The second-order valence-corrected chi connectivity index (χ2v) is 8.40. The van der Waals surface area contributed by atoms with Crippen LogP contribution in [0.25, 0.3) is 0 Å². The molecule has 2 aromatic carbocycles. The van der Waals surface area contributed by atoms with Crippen LogP contribution < -0.4 is 19.9 Å². The molecular formula is C24H22BrF3N4O5. The van der Waals surface area contributed by atoms with E-state index in [1.807, 2.05) is 0 Å². The number of nitrogens with one attached hydrogen (secondary N) is 1. The van der Waals surface area contributed by atoms with Gasteiger partial charge < -0.3 is 30.0 Å². The van der Waals surface area contributed by atoms with Gasteiger partial charge >= 0.3 is 0 Å². The fraction of sp³-hybridized carbons (Fsp3) is 0.208. The second kappa shape index (κ2) is 11.8. The molecule has 1 atom stereocenters. The van der Waals surface area contributed by atoms with Gasteiger partial charge in [0.15, 0.2) is 11.5 Å². The second-order valence-electron chi connectivity index (χ2n) is 7.76. The summed E-state index contributed by atoms with van der Waals surface area (Å²) < 4.78 is 59.9. The van der Waals surface area contributed by atoms with Crippen molar-refractivity contribution in [1.29, 1.82) is 5.41 Å². The van der Waals surface area contributed by atoms with Gasteiger partial charge in [-0.25, -0.2) is 4.39 Å². The molecule has 37 heavy (non-hydrogen) atoms. The van der Waals surface area contributed by atoms with Crippen molar-refractivity contribution in [1.82, 2.24) is 9.88 Å². The Labute approximate surface area is 218 Å². The molecule has 0 saturated carbocycles. The zero-order chi connectivity index (χ0) is 27.3. The number of amides is 1. The predicted molar refractivity (Wildman–Crippen MR) is 132 cm³/mol. The Kier molecular flexibility index (Phi) is 8.81. The van der Waals surface area contributed by atoms with E-state index < -0.39 is 47.7 Å². The molecule has 0 aliphatic heterocycles. The Morgan fingerprint density at radius 2 is 1.81 bits per heavy atom. The van der Waals surface area contributed by atoms with Crippen molar-refractivity contribution in [3.63, 3.8) is 0 Å². The number of phenolic OH excluding ortho intramolecular Hbond substituents is 1. The van der Waals surface area contributed by atoms with E-state index in [1.54, 1.807) is 14.1 Å². The van der Waals surface area contributed by atoms with E-state index in [1.165, 1.54) is 35.2 Å². The molecule has 0 aliphatic rings. The maximum absolute atomic E-state index is 15.3. The zero-order valence-electron chi connectivity index (χ0n) is 19.6. The number of aromatic hydroxyl groups is 1. The number of hydrogen-bond donors (Lipinski definition) is 3. The zero-order valence-corrected chi connectivity index (χ0v) is 21.2. The van der Waals surface area contributed by atoms with Gasteiger partial charge in [0.1, 0.15) is 24.4 Å². The highest BCUT2D eigenvalue weighted by Gasteiger charge is 2.28. The number of phenols is 1. The van der Waals surface area contributed by atoms with Crippen LogP contribution in [0, 0.1) is 17.0 Å². The monoisotopic (exact) mass is 582 g/mol. The van der Waals surface area contributed by atoms with Crippen molar-refractivity contribution in [3.8, 4) is 34.8 Å². The van der Waals surface area contributed by atoms with E-state index in [9.17, 15) is 14.3 Å². The molecule has 13 heteroatoms. The number of nitrogen functional groups attached to an aromatic ring is 1. The van der Waals surface area contributed by atoms with Crippen LogP contribution >= 0.6 is 15.9 Å². The van der Waals surface area contributed by atoms with Gasteiger partial charge in [-0.15, -0.1) is 0 Å². The number of carbonyl (C=O) groups excluding carboxylic acids is 1. The first-order chi connectivity index (χ1) is 17.5. The van der Waals surface area contributed by atoms with Gasteiger partial charge in [-0.3, -0.25) is 10.2 Å². The molecule has 1 unspecified atom stereocenters.